The zero-order chi connectivity index (χ0) is 39.0. The van der Waals surface area contributed by atoms with Gasteiger partial charge in [0.2, 0.25) is 0 Å². The monoisotopic (exact) mass is 800 g/mol. The van der Waals surface area contributed by atoms with Crippen LogP contribution in [-0.2, 0) is 6.18 Å². The lowest BCUT2D eigenvalue weighted by Crippen LogP contribution is -2.17. The van der Waals surface area contributed by atoms with Crippen LogP contribution in [0.1, 0.15) is 5.56 Å². The third-order valence-electron chi connectivity index (χ3n) is 11.4. The molecule has 0 fully saturated rings. The van der Waals surface area contributed by atoms with Gasteiger partial charge in [-0.25, -0.2) is 8.78 Å². The van der Waals surface area contributed by atoms with Crippen LogP contribution in [0.2, 0.25) is 0 Å². The van der Waals surface area contributed by atoms with Gasteiger partial charge in [-0.15, -0.1) is 22.7 Å². The molecule has 4 aromatic heterocycles. The Morgan fingerprint density at radius 1 is 0.431 bits per heavy atom. The lowest BCUT2D eigenvalue weighted by Gasteiger charge is -2.24. The molecule has 2 nitrogen and oxygen atoms in total. The van der Waals surface area contributed by atoms with E-state index in [1.807, 2.05) is 121 Å². The van der Waals surface area contributed by atoms with Crippen molar-refractivity contribution in [2.75, 3.05) is 0 Å². The Morgan fingerprint density at radius 3 is 1.47 bits per heavy atom. The molecule has 4 heterocycles. The number of aromatic nitrogens is 2. The highest BCUT2D eigenvalue weighted by Crippen LogP contribution is 2.51. The van der Waals surface area contributed by atoms with Crippen LogP contribution in [0.4, 0.5) is 22.0 Å². The van der Waals surface area contributed by atoms with Gasteiger partial charge in [0, 0.05) is 73.5 Å². The smallest absolute Gasteiger partial charge is 0.308 e. The molecule has 278 valence electrons. The lowest BCUT2D eigenvalue weighted by molar-refractivity contribution is -0.137. The number of benzene rings is 8. The minimum Gasteiger partial charge on any atom is -0.308 e. The molecule has 0 aliphatic heterocycles. The Labute approximate surface area is 333 Å². The lowest BCUT2D eigenvalue weighted by atomic mass is 9.96. The summed E-state index contributed by atoms with van der Waals surface area (Å²) in [6.45, 7) is 0. The number of nitrogens with zero attached hydrogens (tertiary/aromatic N) is 2. The van der Waals surface area contributed by atoms with E-state index in [4.69, 9.17) is 0 Å². The molecule has 12 aromatic rings. The largest absolute Gasteiger partial charge is 0.420 e. The zero-order valence-corrected chi connectivity index (χ0v) is 31.7. The van der Waals surface area contributed by atoms with Crippen molar-refractivity contribution in [1.82, 2.24) is 9.13 Å². The normalized spacial score (nSPS) is 12.6. The summed E-state index contributed by atoms with van der Waals surface area (Å²) in [5.74, 6) is -1.78. The van der Waals surface area contributed by atoms with Crippen molar-refractivity contribution in [2.45, 2.75) is 6.18 Å². The van der Waals surface area contributed by atoms with Crippen molar-refractivity contribution < 1.29 is 22.0 Å². The highest BCUT2D eigenvalue weighted by molar-refractivity contribution is 7.26. The van der Waals surface area contributed by atoms with Crippen molar-refractivity contribution >= 4 is 107 Å². The van der Waals surface area contributed by atoms with Gasteiger partial charge in [-0.05, 0) is 60.2 Å². The van der Waals surface area contributed by atoms with Gasteiger partial charge in [0.05, 0.1) is 33.4 Å². The molecule has 0 bridgehead atoms. The Bertz CT molecular complexity index is 3690. The molecule has 0 N–H and O–H groups in total. The average Bonchev–Trinajstić information content (AvgIpc) is 3.97. The summed E-state index contributed by atoms with van der Waals surface area (Å²) >= 11 is 3.17. The second-order valence-electron chi connectivity index (χ2n) is 14.6. The fraction of sp³-hybridized carbons (Fsp3) is 0.0204. The fourth-order valence-corrected chi connectivity index (χ4v) is 11.5. The van der Waals surface area contributed by atoms with E-state index in [1.165, 1.54) is 6.07 Å². The van der Waals surface area contributed by atoms with Gasteiger partial charge in [0.15, 0.2) is 0 Å². The Hall–Kier alpha value is -6.55. The maximum Gasteiger partial charge on any atom is 0.420 e. The predicted molar refractivity (Wildman–Crippen MR) is 231 cm³/mol. The molecule has 0 saturated heterocycles. The summed E-state index contributed by atoms with van der Waals surface area (Å²) in [7, 11) is 0. The minimum absolute atomic E-state index is 0.00808. The first-order valence-electron chi connectivity index (χ1n) is 18.6. The van der Waals surface area contributed by atoms with Gasteiger partial charge in [-0.3, -0.25) is 0 Å². The number of thiophene rings is 2. The first-order valence-corrected chi connectivity index (χ1v) is 20.3. The van der Waals surface area contributed by atoms with Crippen LogP contribution in [0.3, 0.4) is 0 Å². The maximum absolute atomic E-state index is 16.8. The molecule has 12 rings (SSSR count). The summed E-state index contributed by atoms with van der Waals surface area (Å²) in [5, 5.41) is 6.69. The Morgan fingerprint density at radius 2 is 0.914 bits per heavy atom. The number of alkyl halides is 3. The number of para-hydroxylation sites is 2. The van der Waals surface area contributed by atoms with E-state index in [-0.39, 0.29) is 22.5 Å². The number of rotatable bonds is 3. The number of hydrogen-bond acceptors (Lipinski definition) is 2. The van der Waals surface area contributed by atoms with Gasteiger partial charge >= 0.3 is 6.18 Å². The van der Waals surface area contributed by atoms with Crippen LogP contribution < -0.4 is 0 Å². The number of fused-ring (bicyclic) bond motifs is 14. The molecule has 9 heteroatoms. The SMILES string of the molecule is Fc1cc(F)cc(-c2ccc(-n3c4ccccc4c4ccc5sc6ccccc6c5c43)c(C(F)(F)F)c2-n2c3ccccc3c3ccc4sc5ccccc5c4c32)c1. The van der Waals surface area contributed by atoms with E-state index in [2.05, 4.69) is 0 Å². The van der Waals surface area contributed by atoms with Crippen LogP contribution in [-0.4, -0.2) is 9.13 Å². The van der Waals surface area contributed by atoms with Gasteiger partial charge in [-0.2, -0.15) is 13.2 Å². The standard InChI is InChI=1S/C49H25F5N2S2/c50-27-23-26(24-28(51)25-27)29-17-20-38(55-36-13-5-1-9-30(36)32-18-21-41-43(46(32)55)34-11-3-7-15-39(34)57-41)45(49(52,53)54)48(29)56-37-14-6-2-10-31(37)33-19-22-42-44(47(33)56)35-12-4-8-16-40(35)58-42/h1-25H. The highest BCUT2D eigenvalue weighted by atomic mass is 32.1. The van der Waals surface area contributed by atoms with Crippen LogP contribution >= 0.6 is 22.7 Å². The quantitative estimate of drug-likeness (QED) is 0.158. The van der Waals surface area contributed by atoms with Crippen molar-refractivity contribution in [1.29, 1.82) is 0 Å². The van der Waals surface area contributed by atoms with Gasteiger partial charge in [0.25, 0.3) is 0 Å². The maximum atomic E-state index is 16.8. The molecule has 0 unspecified atom stereocenters. The van der Waals surface area contributed by atoms with E-state index >= 15 is 22.0 Å². The van der Waals surface area contributed by atoms with Gasteiger partial charge < -0.3 is 9.13 Å². The Balaban J connectivity index is 1.35. The summed E-state index contributed by atoms with van der Waals surface area (Å²) in [6.07, 6.45) is -4.96. The van der Waals surface area contributed by atoms with Gasteiger partial charge in [0.1, 0.15) is 17.2 Å². The van der Waals surface area contributed by atoms with E-state index < -0.39 is 23.4 Å². The first-order chi connectivity index (χ1) is 28.2. The molecule has 0 saturated carbocycles. The van der Waals surface area contributed by atoms with Crippen LogP contribution in [0, 0.1) is 11.6 Å². The zero-order valence-electron chi connectivity index (χ0n) is 30.0. The predicted octanol–water partition coefficient (Wildman–Crippen LogP) is 15.6. The van der Waals surface area contributed by atoms with Crippen LogP contribution in [0.5, 0.6) is 0 Å². The third-order valence-corrected chi connectivity index (χ3v) is 13.7. The van der Waals surface area contributed by atoms with Crippen LogP contribution in [0.25, 0.3) is 106 Å². The highest BCUT2D eigenvalue weighted by Gasteiger charge is 2.41. The van der Waals surface area contributed by atoms with Crippen molar-refractivity contribution in [3.05, 3.63) is 169 Å². The van der Waals surface area contributed by atoms with E-state index in [9.17, 15) is 0 Å². The van der Waals surface area contributed by atoms with E-state index in [1.54, 1.807) is 37.9 Å². The summed E-state index contributed by atoms with van der Waals surface area (Å²) in [6, 6.07) is 44.8. The van der Waals surface area contributed by atoms with E-state index in [0.29, 0.717) is 22.1 Å². The fourth-order valence-electron chi connectivity index (χ4n) is 9.23. The molecular weight excluding hydrogens is 776 g/mol. The molecule has 0 aliphatic carbocycles. The first kappa shape index (κ1) is 33.6. The summed E-state index contributed by atoms with van der Waals surface area (Å²) in [5.41, 5.74) is 1.20. The summed E-state index contributed by atoms with van der Waals surface area (Å²) in [4.78, 5) is 0. The molecule has 0 spiro atoms. The summed E-state index contributed by atoms with van der Waals surface area (Å²) < 4.78 is 88.1. The van der Waals surface area contributed by atoms with Crippen molar-refractivity contribution in [2.24, 2.45) is 0 Å². The second-order valence-corrected chi connectivity index (χ2v) is 16.8. The van der Waals surface area contributed by atoms with E-state index in [0.717, 1.165) is 80.1 Å². The molecule has 0 aliphatic rings. The molecule has 0 radical (unpaired) electrons. The molecular formula is C49H25F5N2S2. The Kier molecular flexibility index (Phi) is 6.94. The van der Waals surface area contributed by atoms with Gasteiger partial charge in [-0.1, -0.05) is 91.0 Å². The minimum atomic E-state index is -4.96. The van der Waals surface area contributed by atoms with Crippen LogP contribution in [0.15, 0.2) is 152 Å². The molecule has 58 heavy (non-hydrogen) atoms. The third kappa shape index (κ3) is 4.62. The topological polar surface area (TPSA) is 9.86 Å². The average molecular weight is 801 g/mol. The number of halogens is 5. The molecule has 0 atom stereocenters. The molecule has 8 aromatic carbocycles. The molecule has 0 amide bonds. The number of hydrogen-bond donors (Lipinski definition) is 0. The van der Waals surface area contributed by atoms with Crippen molar-refractivity contribution in [3.63, 3.8) is 0 Å². The second kappa shape index (κ2) is 12.0. The van der Waals surface area contributed by atoms with Crippen molar-refractivity contribution in [3.8, 4) is 22.5 Å².